The third-order valence-corrected chi connectivity index (χ3v) is 5.53. The van der Waals surface area contributed by atoms with Crippen LogP contribution in [0.1, 0.15) is 38.7 Å². The molecule has 1 amide bonds. The number of ether oxygens (including phenoxy) is 4. The summed E-state index contributed by atoms with van der Waals surface area (Å²) in [5.41, 5.74) is 0.582. The van der Waals surface area contributed by atoms with E-state index in [1.165, 1.54) is 0 Å². The van der Waals surface area contributed by atoms with Crippen LogP contribution in [0.2, 0.25) is 0 Å². The fourth-order valence-corrected chi connectivity index (χ4v) is 4.23. The maximum Gasteiger partial charge on any atom is 0.223 e. The molecule has 1 saturated carbocycles. The van der Waals surface area contributed by atoms with E-state index in [9.17, 15) is 4.79 Å². The Morgan fingerprint density at radius 3 is 2.50 bits per heavy atom. The van der Waals surface area contributed by atoms with Crippen LogP contribution in [0.4, 0.5) is 0 Å². The minimum absolute atomic E-state index is 0.00643. The summed E-state index contributed by atoms with van der Waals surface area (Å²) in [6, 6.07) is 5.88. The van der Waals surface area contributed by atoms with Gasteiger partial charge in [-0.15, -0.1) is 0 Å². The Labute approximate surface area is 155 Å². The van der Waals surface area contributed by atoms with Crippen molar-refractivity contribution in [2.24, 2.45) is 0 Å². The number of nitrogens with zero attached hydrogens (tertiary/aromatic N) is 1. The molecule has 3 atom stereocenters. The molecule has 6 nitrogen and oxygen atoms in total. The highest BCUT2D eigenvalue weighted by Gasteiger charge is 2.58. The van der Waals surface area contributed by atoms with E-state index in [1.54, 1.807) is 33.2 Å². The molecule has 1 aromatic rings. The first kappa shape index (κ1) is 19.0. The Hall–Kier alpha value is -1.79. The van der Waals surface area contributed by atoms with E-state index in [0.29, 0.717) is 17.9 Å². The zero-order valence-corrected chi connectivity index (χ0v) is 16.5. The number of methoxy groups -OCH3 is 2. The Bertz CT molecular complexity index is 687. The number of rotatable bonds is 5. The summed E-state index contributed by atoms with van der Waals surface area (Å²) in [5, 5.41) is 0. The molecular formula is C20H29NO5. The van der Waals surface area contributed by atoms with Gasteiger partial charge in [-0.3, -0.25) is 4.79 Å². The van der Waals surface area contributed by atoms with E-state index in [-0.39, 0.29) is 18.1 Å². The molecule has 2 aliphatic rings. The van der Waals surface area contributed by atoms with E-state index in [4.69, 9.17) is 18.9 Å². The first-order valence-corrected chi connectivity index (χ1v) is 9.01. The summed E-state index contributed by atoms with van der Waals surface area (Å²) in [4.78, 5) is 14.3. The van der Waals surface area contributed by atoms with Crippen molar-refractivity contribution < 1.29 is 23.7 Å². The number of fused-ring (bicyclic) bond motifs is 1. The van der Waals surface area contributed by atoms with Crippen LogP contribution in [-0.2, 0) is 19.7 Å². The molecule has 144 valence electrons. The molecule has 0 aromatic heterocycles. The smallest absolute Gasteiger partial charge is 0.223 e. The molecule has 1 saturated heterocycles. The molecule has 6 heteroatoms. The van der Waals surface area contributed by atoms with Gasteiger partial charge in [-0.2, -0.15) is 0 Å². The Kier molecular flexibility index (Phi) is 4.92. The first-order chi connectivity index (χ1) is 12.2. The van der Waals surface area contributed by atoms with Gasteiger partial charge >= 0.3 is 0 Å². The van der Waals surface area contributed by atoms with Crippen molar-refractivity contribution in [2.75, 3.05) is 28.3 Å². The summed E-state index contributed by atoms with van der Waals surface area (Å²) in [5.74, 6) is 0.763. The molecule has 0 bridgehead atoms. The molecule has 0 N–H and O–H groups in total. The molecular weight excluding hydrogens is 334 g/mol. The van der Waals surface area contributed by atoms with Gasteiger partial charge in [-0.05, 0) is 44.4 Å². The van der Waals surface area contributed by atoms with Crippen molar-refractivity contribution in [3.8, 4) is 11.5 Å². The molecule has 0 spiro atoms. The van der Waals surface area contributed by atoms with Gasteiger partial charge in [-0.1, -0.05) is 6.07 Å². The molecule has 1 aliphatic carbocycles. The van der Waals surface area contributed by atoms with Crippen molar-refractivity contribution in [3.05, 3.63) is 23.8 Å². The summed E-state index contributed by atoms with van der Waals surface area (Å²) in [7, 11) is 6.81. The monoisotopic (exact) mass is 363 g/mol. The highest BCUT2D eigenvalue weighted by atomic mass is 16.8. The molecule has 1 aromatic carbocycles. The van der Waals surface area contributed by atoms with Gasteiger partial charge in [0.1, 0.15) is 0 Å². The van der Waals surface area contributed by atoms with Gasteiger partial charge in [0.2, 0.25) is 5.91 Å². The predicted molar refractivity (Wildman–Crippen MR) is 97.6 cm³/mol. The second-order valence-electron chi connectivity index (χ2n) is 7.82. The highest BCUT2D eigenvalue weighted by Crippen LogP contribution is 2.53. The largest absolute Gasteiger partial charge is 0.493 e. The van der Waals surface area contributed by atoms with E-state index in [1.807, 2.05) is 32.0 Å². The lowest BCUT2D eigenvalue weighted by atomic mass is 9.73. The van der Waals surface area contributed by atoms with Crippen LogP contribution >= 0.6 is 0 Å². The Morgan fingerprint density at radius 2 is 1.88 bits per heavy atom. The summed E-state index contributed by atoms with van der Waals surface area (Å²) < 4.78 is 23.2. The Balaban J connectivity index is 2.06. The lowest BCUT2D eigenvalue weighted by Crippen LogP contribution is -2.43. The predicted octanol–water partition coefficient (Wildman–Crippen LogP) is 2.73. The van der Waals surface area contributed by atoms with Gasteiger partial charge in [0, 0.05) is 25.9 Å². The number of amides is 1. The van der Waals surface area contributed by atoms with Crippen LogP contribution in [-0.4, -0.2) is 57.1 Å². The third-order valence-electron chi connectivity index (χ3n) is 5.53. The molecule has 0 unspecified atom stereocenters. The van der Waals surface area contributed by atoms with Crippen molar-refractivity contribution in [2.45, 2.75) is 56.5 Å². The van der Waals surface area contributed by atoms with Gasteiger partial charge < -0.3 is 23.8 Å². The van der Waals surface area contributed by atoms with E-state index < -0.39 is 11.2 Å². The minimum atomic E-state index is -0.640. The number of carbonyl (C=O) groups excluding carboxylic acids is 1. The minimum Gasteiger partial charge on any atom is -0.493 e. The number of benzene rings is 1. The van der Waals surface area contributed by atoms with Crippen molar-refractivity contribution in [3.63, 3.8) is 0 Å². The molecule has 3 rings (SSSR count). The highest BCUT2D eigenvalue weighted by molar-refractivity contribution is 5.77. The zero-order chi connectivity index (χ0) is 19.1. The van der Waals surface area contributed by atoms with Gasteiger partial charge in [-0.25, -0.2) is 0 Å². The third kappa shape index (κ3) is 3.16. The number of carbonyl (C=O) groups is 1. The zero-order valence-electron chi connectivity index (χ0n) is 16.5. The summed E-state index contributed by atoms with van der Waals surface area (Å²) in [6.07, 6.45) is 1.89. The van der Waals surface area contributed by atoms with Crippen LogP contribution in [0.25, 0.3) is 0 Å². The van der Waals surface area contributed by atoms with Crippen LogP contribution in [0.5, 0.6) is 11.5 Å². The maximum absolute atomic E-state index is 12.7. The maximum atomic E-state index is 12.7. The van der Waals surface area contributed by atoms with E-state index >= 15 is 0 Å². The van der Waals surface area contributed by atoms with Crippen molar-refractivity contribution in [1.82, 2.24) is 4.90 Å². The number of hydrogen-bond acceptors (Lipinski definition) is 5. The second-order valence-corrected chi connectivity index (χ2v) is 7.82. The summed E-state index contributed by atoms with van der Waals surface area (Å²) in [6.45, 7) is 3.86. The van der Waals surface area contributed by atoms with Crippen LogP contribution in [0.3, 0.4) is 0 Å². The van der Waals surface area contributed by atoms with Gasteiger partial charge in [0.25, 0.3) is 0 Å². The molecule has 1 heterocycles. The average molecular weight is 363 g/mol. The SMILES string of the molecule is COc1ccc([C@@]2(CC(=O)N(C)C)CC[C@@H]3OC(C)(C)O[C@@H]32)cc1OC. The van der Waals surface area contributed by atoms with Crippen LogP contribution < -0.4 is 9.47 Å². The normalized spacial score (nSPS) is 29.3. The quantitative estimate of drug-likeness (QED) is 0.805. The Morgan fingerprint density at radius 1 is 1.19 bits per heavy atom. The van der Waals surface area contributed by atoms with Crippen LogP contribution in [0.15, 0.2) is 18.2 Å². The van der Waals surface area contributed by atoms with Crippen molar-refractivity contribution in [1.29, 1.82) is 0 Å². The average Bonchev–Trinajstić information content (AvgIpc) is 3.08. The van der Waals surface area contributed by atoms with E-state index in [0.717, 1.165) is 18.4 Å². The summed E-state index contributed by atoms with van der Waals surface area (Å²) >= 11 is 0. The lowest BCUT2D eigenvalue weighted by Gasteiger charge is -2.36. The molecule has 0 radical (unpaired) electrons. The molecule has 2 fully saturated rings. The fourth-order valence-electron chi connectivity index (χ4n) is 4.23. The van der Waals surface area contributed by atoms with E-state index in [2.05, 4.69) is 0 Å². The van der Waals surface area contributed by atoms with Gasteiger partial charge in [0.05, 0.1) is 26.4 Å². The topological polar surface area (TPSA) is 57.2 Å². The fraction of sp³-hybridized carbons (Fsp3) is 0.650. The second kappa shape index (κ2) is 6.74. The van der Waals surface area contributed by atoms with Crippen molar-refractivity contribution >= 4 is 5.91 Å². The molecule has 26 heavy (non-hydrogen) atoms. The lowest BCUT2D eigenvalue weighted by molar-refractivity contribution is -0.161. The van der Waals surface area contributed by atoms with Gasteiger partial charge in [0.15, 0.2) is 17.3 Å². The first-order valence-electron chi connectivity index (χ1n) is 9.01. The van der Waals surface area contributed by atoms with Crippen LogP contribution in [0, 0.1) is 0 Å². The number of hydrogen-bond donors (Lipinski definition) is 0. The standard InChI is InChI=1S/C20H29NO5/c1-19(2)25-15-9-10-20(18(15)26-19,12-17(22)21(3)4)13-7-8-14(23-5)16(11-13)24-6/h7-8,11,15,18H,9-10,12H2,1-6H3/t15-,18-,20-/m0/s1. The molecule has 1 aliphatic heterocycles.